The highest BCUT2D eigenvalue weighted by Crippen LogP contribution is 2.31. The number of benzene rings is 2. The van der Waals surface area contributed by atoms with Gasteiger partial charge in [0.15, 0.2) is 0 Å². The van der Waals surface area contributed by atoms with Gasteiger partial charge in [-0.3, -0.25) is 0 Å². The van der Waals surface area contributed by atoms with Gasteiger partial charge in [0.1, 0.15) is 0 Å². The van der Waals surface area contributed by atoms with E-state index in [4.69, 9.17) is 11.5 Å². The molecule has 3 heteroatoms. The van der Waals surface area contributed by atoms with E-state index in [0.29, 0.717) is 0 Å². The van der Waals surface area contributed by atoms with Crippen molar-refractivity contribution in [2.24, 2.45) is 11.5 Å². The van der Waals surface area contributed by atoms with Gasteiger partial charge >= 0.3 is 0 Å². The second-order valence-electron chi connectivity index (χ2n) is 5.85. The molecule has 1 aliphatic rings. The van der Waals surface area contributed by atoms with Crippen molar-refractivity contribution >= 4 is 11.4 Å². The Labute approximate surface area is 133 Å². The van der Waals surface area contributed by atoms with Crippen molar-refractivity contribution in [1.82, 2.24) is 0 Å². The minimum atomic E-state index is -0.121. The van der Waals surface area contributed by atoms with E-state index in [0.717, 1.165) is 16.9 Å². The summed E-state index contributed by atoms with van der Waals surface area (Å²) in [5.41, 5.74) is 18.7. The Morgan fingerprint density at radius 3 is 2.00 bits per heavy atom. The molecule has 0 amide bonds. The van der Waals surface area contributed by atoms with Crippen LogP contribution >= 0.6 is 0 Å². The lowest BCUT2D eigenvalue weighted by Gasteiger charge is -2.32. The molecule has 1 heterocycles. The quantitative estimate of drug-likeness (QED) is 0.784. The number of nitrogens with zero attached hydrogens (tertiary/aromatic N) is 1. The molecular formula is C19H25N3. The van der Waals surface area contributed by atoms with Gasteiger partial charge in [-0.05, 0) is 38.5 Å². The van der Waals surface area contributed by atoms with Crippen LogP contribution in [0.25, 0.3) is 5.70 Å². The van der Waals surface area contributed by atoms with Crippen LogP contribution in [0.5, 0.6) is 0 Å². The van der Waals surface area contributed by atoms with Gasteiger partial charge in [0.25, 0.3) is 0 Å². The van der Waals surface area contributed by atoms with Gasteiger partial charge in [-0.1, -0.05) is 47.5 Å². The zero-order chi connectivity index (χ0) is 16.3. The van der Waals surface area contributed by atoms with E-state index in [-0.39, 0.29) is 6.17 Å². The Morgan fingerprint density at radius 1 is 0.909 bits per heavy atom. The smallest absolute Gasteiger partial charge is 0.0981 e. The van der Waals surface area contributed by atoms with Gasteiger partial charge in [-0.15, -0.1) is 0 Å². The molecule has 116 valence electrons. The molecule has 2 aromatic carbocycles. The molecule has 0 aliphatic carbocycles. The average molecular weight is 295 g/mol. The van der Waals surface area contributed by atoms with E-state index in [1.165, 1.54) is 16.7 Å². The summed E-state index contributed by atoms with van der Waals surface area (Å²) in [4.78, 5) is 2.03. The summed E-state index contributed by atoms with van der Waals surface area (Å²) in [5, 5.41) is 0. The molecule has 2 aromatic rings. The van der Waals surface area contributed by atoms with Crippen molar-refractivity contribution in [3.05, 3.63) is 70.8 Å². The van der Waals surface area contributed by atoms with E-state index in [1.807, 2.05) is 30.2 Å². The van der Waals surface area contributed by atoms with E-state index >= 15 is 0 Å². The normalized spacial score (nSPS) is 16.3. The van der Waals surface area contributed by atoms with Crippen LogP contribution < -0.4 is 16.4 Å². The van der Waals surface area contributed by atoms with E-state index < -0.39 is 0 Å². The Bertz CT molecular complexity index is 651. The fourth-order valence-corrected chi connectivity index (χ4v) is 2.50. The van der Waals surface area contributed by atoms with E-state index in [9.17, 15) is 0 Å². The van der Waals surface area contributed by atoms with E-state index in [1.54, 1.807) is 0 Å². The zero-order valence-electron chi connectivity index (χ0n) is 13.8. The molecule has 1 atom stereocenters. The van der Waals surface area contributed by atoms with Crippen LogP contribution in [0.15, 0.2) is 48.5 Å². The second kappa shape index (κ2) is 6.67. The number of aryl methyl sites for hydroxylation is 3. The van der Waals surface area contributed by atoms with Crippen molar-refractivity contribution < 1.29 is 0 Å². The first kappa shape index (κ1) is 16.1. The molecule has 4 N–H and O–H groups in total. The fourth-order valence-electron chi connectivity index (χ4n) is 2.50. The molecule has 0 saturated heterocycles. The number of rotatable bonds is 0. The summed E-state index contributed by atoms with van der Waals surface area (Å²) in [6.45, 7) is 6.25. The lowest BCUT2D eigenvalue weighted by atomic mass is 9.99. The average Bonchev–Trinajstić information content (AvgIpc) is 2.48. The SMILES string of the molecule is Cc1ccc(C)cc1.Cc1cccc2c1C(N)=CC(N)N2C. The monoisotopic (exact) mass is 295 g/mol. The number of likely N-dealkylation sites (N-methyl/N-ethyl adjacent to an activating group) is 1. The van der Waals surface area contributed by atoms with Crippen molar-refractivity contribution in [3.8, 4) is 0 Å². The molecule has 0 spiro atoms. The van der Waals surface area contributed by atoms with Crippen molar-refractivity contribution in [1.29, 1.82) is 0 Å². The van der Waals surface area contributed by atoms with Crippen LogP contribution in [0.1, 0.15) is 22.3 Å². The Balaban J connectivity index is 0.000000188. The first-order valence-corrected chi connectivity index (χ1v) is 7.49. The molecule has 0 fully saturated rings. The van der Waals surface area contributed by atoms with Crippen LogP contribution in [-0.4, -0.2) is 13.2 Å². The second-order valence-corrected chi connectivity index (χ2v) is 5.85. The van der Waals surface area contributed by atoms with Crippen molar-refractivity contribution in [3.63, 3.8) is 0 Å². The fraction of sp³-hybridized carbons (Fsp3) is 0.263. The van der Waals surface area contributed by atoms with Gasteiger partial charge in [0.2, 0.25) is 0 Å². The molecule has 22 heavy (non-hydrogen) atoms. The third kappa shape index (κ3) is 3.49. The van der Waals surface area contributed by atoms with Gasteiger partial charge in [-0.2, -0.15) is 0 Å². The number of fused-ring (bicyclic) bond motifs is 1. The predicted octanol–water partition coefficient (Wildman–Crippen LogP) is 3.33. The van der Waals surface area contributed by atoms with Crippen LogP contribution in [0.2, 0.25) is 0 Å². The molecule has 1 unspecified atom stereocenters. The maximum atomic E-state index is 5.95. The minimum Gasteiger partial charge on any atom is -0.398 e. The number of hydrogen-bond donors (Lipinski definition) is 2. The number of anilines is 1. The summed E-state index contributed by atoms with van der Waals surface area (Å²) in [6, 6.07) is 14.6. The van der Waals surface area contributed by atoms with Crippen LogP contribution in [0.4, 0.5) is 5.69 Å². The molecular weight excluding hydrogens is 270 g/mol. The highest BCUT2D eigenvalue weighted by Gasteiger charge is 2.20. The predicted molar refractivity (Wildman–Crippen MR) is 95.6 cm³/mol. The highest BCUT2D eigenvalue weighted by atomic mass is 15.2. The maximum Gasteiger partial charge on any atom is 0.0981 e. The summed E-state index contributed by atoms with van der Waals surface area (Å²) >= 11 is 0. The highest BCUT2D eigenvalue weighted by molar-refractivity contribution is 5.81. The summed E-state index contributed by atoms with van der Waals surface area (Å²) in [6.07, 6.45) is 1.76. The molecule has 0 radical (unpaired) electrons. The molecule has 0 aromatic heterocycles. The standard InChI is InChI=1S/C11H15N3.C8H10/c1-7-4-3-5-9-11(7)8(12)6-10(13)14(9)2;1-7-3-5-8(2)6-4-7/h3-6,10H,12-13H2,1-2H3;3-6H,1-2H3. The van der Waals surface area contributed by atoms with Crippen LogP contribution in [0.3, 0.4) is 0 Å². The molecule has 0 bridgehead atoms. The lowest BCUT2D eigenvalue weighted by Crippen LogP contribution is -2.41. The summed E-state index contributed by atoms with van der Waals surface area (Å²) in [5.74, 6) is 0. The molecule has 0 saturated carbocycles. The maximum absolute atomic E-state index is 5.95. The van der Waals surface area contributed by atoms with Gasteiger partial charge in [0, 0.05) is 24.0 Å². The molecule has 3 rings (SSSR count). The summed E-state index contributed by atoms with van der Waals surface area (Å²) < 4.78 is 0. The molecule has 1 aliphatic heterocycles. The van der Waals surface area contributed by atoms with Gasteiger partial charge < -0.3 is 16.4 Å². The van der Waals surface area contributed by atoms with Crippen LogP contribution in [-0.2, 0) is 0 Å². The third-order valence-corrected chi connectivity index (χ3v) is 3.94. The van der Waals surface area contributed by atoms with Gasteiger partial charge in [0.05, 0.1) is 6.17 Å². The molecule has 3 nitrogen and oxygen atoms in total. The largest absolute Gasteiger partial charge is 0.398 e. The first-order valence-electron chi connectivity index (χ1n) is 7.49. The Hall–Kier alpha value is -2.26. The Morgan fingerprint density at radius 2 is 1.45 bits per heavy atom. The summed E-state index contributed by atoms with van der Waals surface area (Å²) in [7, 11) is 1.98. The first-order chi connectivity index (χ1) is 10.4. The third-order valence-electron chi connectivity index (χ3n) is 3.94. The van der Waals surface area contributed by atoms with Crippen molar-refractivity contribution in [2.75, 3.05) is 11.9 Å². The number of nitrogens with two attached hydrogens (primary N) is 2. The topological polar surface area (TPSA) is 55.3 Å². The zero-order valence-corrected chi connectivity index (χ0v) is 13.8. The Kier molecular flexibility index (Phi) is 4.88. The number of hydrogen-bond acceptors (Lipinski definition) is 3. The lowest BCUT2D eigenvalue weighted by molar-refractivity contribution is 0.777. The van der Waals surface area contributed by atoms with E-state index in [2.05, 4.69) is 51.1 Å². The van der Waals surface area contributed by atoms with Crippen molar-refractivity contribution in [2.45, 2.75) is 26.9 Å². The van der Waals surface area contributed by atoms with Gasteiger partial charge in [-0.25, -0.2) is 0 Å². The minimum absolute atomic E-state index is 0.121. The van der Waals surface area contributed by atoms with Crippen LogP contribution in [0, 0.1) is 20.8 Å².